The van der Waals surface area contributed by atoms with E-state index in [4.69, 9.17) is 10.8 Å². The van der Waals surface area contributed by atoms with Crippen LogP contribution in [0.1, 0.15) is 18.0 Å². The zero-order valence-corrected chi connectivity index (χ0v) is 9.58. The molecule has 0 radical (unpaired) electrons. The maximum Gasteiger partial charge on any atom is 0.305 e. The van der Waals surface area contributed by atoms with Gasteiger partial charge in [0, 0.05) is 20.1 Å². The fraction of sp³-hybridized carbons (Fsp3) is 0.364. The molecule has 1 unspecified atom stereocenters. The highest BCUT2D eigenvalue weighted by Crippen LogP contribution is 2.25. The first kappa shape index (κ1) is 13.4. The summed E-state index contributed by atoms with van der Waals surface area (Å²) in [5.74, 6) is -3.10. The number of nitrogens with zero attached hydrogens (tertiary/aromatic N) is 1. The zero-order chi connectivity index (χ0) is 13.2. The molecule has 3 N–H and O–H groups in total. The Morgan fingerprint density at radius 1 is 1.47 bits per heavy atom. The Kier molecular flexibility index (Phi) is 4.01. The molecule has 0 aliphatic carbocycles. The summed E-state index contributed by atoms with van der Waals surface area (Å²) in [4.78, 5) is 11.9. The van der Waals surface area contributed by atoms with Crippen molar-refractivity contribution in [1.82, 2.24) is 0 Å². The molecule has 1 rings (SSSR count). The summed E-state index contributed by atoms with van der Waals surface area (Å²) in [6.07, 6.45) is -0.335. The predicted octanol–water partition coefficient (Wildman–Crippen LogP) is 1.51. The first-order chi connectivity index (χ1) is 7.82. The van der Waals surface area contributed by atoms with Gasteiger partial charge in [-0.3, -0.25) is 4.79 Å². The molecule has 0 amide bonds. The van der Waals surface area contributed by atoms with Gasteiger partial charge in [0.05, 0.1) is 12.1 Å². The number of halogens is 2. The van der Waals surface area contributed by atoms with Crippen molar-refractivity contribution in [2.45, 2.75) is 12.5 Å². The quantitative estimate of drug-likeness (QED) is 0.842. The number of hydrogen-bond acceptors (Lipinski definition) is 3. The molecular formula is C11H14F2N2O2. The van der Waals surface area contributed by atoms with Crippen LogP contribution in [0.4, 0.5) is 14.5 Å². The molecule has 6 heteroatoms. The highest BCUT2D eigenvalue weighted by atomic mass is 19.2. The molecule has 94 valence electrons. The Bertz CT molecular complexity index is 436. The highest BCUT2D eigenvalue weighted by molar-refractivity contribution is 5.68. The normalized spacial score (nSPS) is 12.3. The molecule has 0 fully saturated rings. The minimum absolute atomic E-state index is 0.0424. The number of rotatable bonds is 4. The van der Waals surface area contributed by atoms with E-state index in [1.165, 1.54) is 11.0 Å². The summed E-state index contributed by atoms with van der Waals surface area (Å²) >= 11 is 0. The van der Waals surface area contributed by atoms with Crippen LogP contribution in [0.5, 0.6) is 0 Å². The van der Waals surface area contributed by atoms with Crippen molar-refractivity contribution >= 4 is 11.7 Å². The second-order valence-corrected chi connectivity index (χ2v) is 3.93. The van der Waals surface area contributed by atoms with Gasteiger partial charge in [0.2, 0.25) is 0 Å². The van der Waals surface area contributed by atoms with E-state index in [2.05, 4.69) is 0 Å². The average molecular weight is 244 g/mol. The van der Waals surface area contributed by atoms with E-state index in [0.29, 0.717) is 0 Å². The van der Waals surface area contributed by atoms with Gasteiger partial charge in [-0.2, -0.15) is 0 Å². The fourth-order valence-corrected chi connectivity index (χ4v) is 1.44. The summed E-state index contributed by atoms with van der Waals surface area (Å²) in [5, 5.41) is 8.59. The third-order valence-corrected chi connectivity index (χ3v) is 2.34. The summed E-state index contributed by atoms with van der Waals surface area (Å²) in [6, 6.07) is 1.42. The van der Waals surface area contributed by atoms with Crippen LogP contribution in [0.15, 0.2) is 12.1 Å². The van der Waals surface area contributed by atoms with E-state index in [1.54, 1.807) is 14.1 Å². The topological polar surface area (TPSA) is 66.6 Å². The maximum absolute atomic E-state index is 13.4. The Morgan fingerprint density at radius 3 is 2.53 bits per heavy atom. The van der Waals surface area contributed by atoms with E-state index in [0.717, 1.165) is 6.07 Å². The van der Waals surface area contributed by atoms with Gasteiger partial charge < -0.3 is 15.7 Å². The smallest absolute Gasteiger partial charge is 0.305 e. The molecular weight excluding hydrogens is 230 g/mol. The molecule has 17 heavy (non-hydrogen) atoms. The van der Waals surface area contributed by atoms with Crippen LogP contribution < -0.4 is 10.6 Å². The van der Waals surface area contributed by atoms with E-state index in [9.17, 15) is 13.6 Å². The van der Waals surface area contributed by atoms with Crippen LogP contribution in [-0.4, -0.2) is 25.2 Å². The van der Waals surface area contributed by atoms with Crippen molar-refractivity contribution in [2.75, 3.05) is 19.0 Å². The largest absolute Gasteiger partial charge is 0.481 e. The van der Waals surface area contributed by atoms with Crippen LogP contribution in [-0.2, 0) is 4.79 Å². The summed E-state index contributed by atoms with van der Waals surface area (Å²) in [7, 11) is 3.12. The summed E-state index contributed by atoms with van der Waals surface area (Å²) < 4.78 is 26.7. The van der Waals surface area contributed by atoms with Crippen molar-refractivity contribution in [3.05, 3.63) is 29.3 Å². The van der Waals surface area contributed by atoms with Crippen LogP contribution in [0, 0.1) is 11.6 Å². The zero-order valence-electron chi connectivity index (χ0n) is 9.58. The van der Waals surface area contributed by atoms with Gasteiger partial charge in [-0.15, -0.1) is 0 Å². The van der Waals surface area contributed by atoms with Gasteiger partial charge in [-0.05, 0) is 17.7 Å². The number of carbonyl (C=O) groups is 1. The second-order valence-electron chi connectivity index (χ2n) is 3.93. The van der Waals surface area contributed by atoms with E-state index in [1.807, 2.05) is 0 Å². The molecule has 0 spiro atoms. The number of hydrogen-bond donors (Lipinski definition) is 2. The van der Waals surface area contributed by atoms with E-state index in [-0.39, 0.29) is 17.7 Å². The Morgan fingerprint density at radius 2 is 2.06 bits per heavy atom. The fourth-order valence-electron chi connectivity index (χ4n) is 1.44. The van der Waals surface area contributed by atoms with Gasteiger partial charge in [-0.25, -0.2) is 8.78 Å². The number of nitrogens with two attached hydrogens (primary N) is 1. The minimum Gasteiger partial charge on any atom is -0.481 e. The van der Waals surface area contributed by atoms with Crippen LogP contribution in [0.25, 0.3) is 0 Å². The molecule has 1 atom stereocenters. The third kappa shape index (κ3) is 3.13. The maximum atomic E-state index is 13.4. The van der Waals surface area contributed by atoms with Crippen molar-refractivity contribution in [1.29, 1.82) is 0 Å². The van der Waals surface area contributed by atoms with Gasteiger partial charge >= 0.3 is 5.97 Å². The van der Waals surface area contributed by atoms with Gasteiger partial charge in [0.25, 0.3) is 0 Å². The highest BCUT2D eigenvalue weighted by Gasteiger charge is 2.17. The van der Waals surface area contributed by atoms with Gasteiger partial charge in [0.1, 0.15) is 0 Å². The molecule has 1 aromatic carbocycles. The molecule has 0 aromatic heterocycles. The van der Waals surface area contributed by atoms with Crippen molar-refractivity contribution < 1.29 is 18.7 Å². The van der Waals surface area contributed by atoms with Crippen molar-refractivity contribution in [3.8, 4) is 0 Å². The standard InChI is InChI=1S/C11H14F2N2O2/c1-15(2)9-4-6(3-7(12)11(9)13)8(14)5-10(16)17/h3-4,8H,5,14H2,1-2H3,(H,16,17). The molecule has 0 aliphatic rings. The second kappa shape index (κ2) is 5.09. The van der Waals surface area contributed by atoms with Crippen molar-refractivity contribution in [3.63, 3.8) is 0 Å². The van der Waals surface area contributed by atoms with E-state index >= 15 is 0 Å². The van der Waals surface area contributed by atoms with Crippen LogP contribution >= 0.6 is 0 Å². The Balaban J connectivity index is 3.14. The summed E-state index contributed by atoms with van der Waals surface area (Å²) in [6.45, 7) is 0. The number of carboxylic acid groups (broad SMARTS) is 1. The monoisotopic (exact) mass is 244 g/mol. The van der Waals surface area contributed by atoms with Gasteiger partial charge in [-0.1, -0.05) is 0 Å². The number of anilines is 1. The van der Waals surface area contributed by atoms with Gasteiger partial charge in [0.15, 0.2) is 11.6 Å². The molecule has 0 saturated carbocycles. The molecule has 0 saturated heterocycles. The lowest BCUT2D eigenvalue weighted by Crippen LogP contribution is -2.18. The Labute approximate surface area is 97.6 Å². The first-order valence-electron chi connectivity index (χ1n) is 4.96. The molecule has 1 aromatic rings. The lowest BCUT2D eigenvalue weighted by Gasteiger charge is -2.17. The minimum atomic E-state index is -1.09. The number of aliphatic carboxylic acids is 1. The molecule has 0 heterocycles. The van der Waals surface area contributed by atoms with Crippen molar-refractivity contribution in [2.24, 2.45) is 5.73 Å². The number of carboxylic acids is 1. The number of benzene rings is 1. The molecule has 0 bridgehead atoms. The van der Waals surface area contributed by atoms with E-state index < -0.39 is 23.6 Å². The molecule has 0 aliphatic heterocycles. The first-order valence-corrected chi connectivity index (χ1v) is 4.96. The SMILES string of the molecule is CN(C)c1cc(C(N)CC(=O)O)cc(F)c1F. The van der Waals surface area contributed by atoms with Crippen LogP contribution in [0.3, 0.4) is 0 Å². The third-order valence-electron chi connectivity index (χ3n) is 2.34. The predicted molar refractivity (Wildman–Crippen MR) is 59.9 cm³/mol. The molecule has 4 nitrogen and oxygen atoms in total. The summed E-state index contributed by atoms with van der Waals surface area (Å²) in [5.41, 5.74) is 5.90. The average Bonchev–Trinajstić information content (AvgIpc) is 2.20. The lowest BCUT2D eigenvalue weighted by molar-refractivity contribution is -0.137. The Hall–Kier alpha value is -1.69. The lowest BCUT2D eigenvalue weighted by atomic mass is 10.0. The van der Waals surface area contributed by atoms with Crippen LogP contribution in [0.2, 0.25) is 0 Å².